The van der Waals surface area contributed by atoms with Gasteiger partial charge in [-0.2, -0.15) is 30.9 Å². The van der Waals surface area contributed by atoms with Gasteiger partial charge in [-0.25, -0.2) is 4.79 Å². The number of carbonyl (C=O) groups is 3. The van der Waals surface area contributed by atoms with E-state index in [1.807, 2.05) is 0 Å². The quantitative estimate of drug-likeness (QED) is 0.187. The van der Waals surface area contributed by atoms with Crippen LogP contribution in [0.3, 0.4) is 0 Å². The van der Waals surface area contributed by atoms with Gasteiger partial charge in [-0.3, -0.25) is 19.5 Å². The molecule has 1 fully saturated rings. The molecule has 2 unspecified atom stereocenters. The second-order valence-electron chi connectivity index (χ2n) is 6.60. The zero-order valence-electron chi connectivity index (χ0n) is 16.5. The number of halogens is 3. The summed E-state index contributed by atoms with van der Waals surface area (Å²) in [5.41, 5.74) is -1.56. The van der Waals surface area contributed by atoms with E-state index in [4.69, 9.17) is 5.73 Å². The topological polar surface area (TPSA) is 194 Å². The first-order chi connectivity index (χ1) is 15.3. The van der Waals surface area contributed by atoms with Gasteiger partial charge in [0, 0.05) is 24.5 Å². The van der Waals surface area contributed by atoms with Crippen molar-refractivity contribution >= 4 is 50.3 Å². The summed E-state index contributed by atoms with van der Waals surface area (Å²) >= 11 is 0.809. The summed E-state index contributed by atoms with van der Waals surface area (Å²) in [6.45, 7) is 1.79. The van der Waals surface area contributed by atoms with Crippen LogP contribution in [0.15, 0.2) is 16.4 Å². The predicted octanol–water partition coefficient (Wildman–Crippen LogP) is -0.419. The van der Waals surface area contributed by atoms with Gasteiger partial charge >= 0.3 is 21.6 Å². The minimum atomic E-state index is -6.14. The molecule has 2 atom stereocenters. The monoisotopic (exact) mass is 512 g/mol. The predicted molar refractivity (Wildman–Crippen MR) is 104 cm³/mol. The zero-order chi connectivity index (χ0) is 24.7. The number of carboxylic acid groups (broad SMARTS) is 1. The summed E-state index contributed by atoms with van der Waals surface area (Å²) in [6, 6.07) is -2.21. The molecule has 0 bridgehead atoms. The maximum atomic E-state index is 12.7. The Labute approximate surface area is 187 Å². The van der Waals surface area contributed by atoms with Crippen molar-refractivity contribution in [1.29, 1.82) is 0 Å². The lowest BCUT2D eigenvalue weighted by molar-refractivity contribution is -0.156. The van der Waals surface area contributed by atoms with Gasteiger partial charge in [0.2, 0.25) is 0 Å². The number of aromatic nitrogens is 2. The van der Waals surface area contributed by atoms with E-state index in [9.17, 15) is 41.1 Å². The lowest BCUT2D eigenvalue weighted by Crippen LogP contribution is -2.72. The summed E-state index contributed by atoms with van der Waals surface area (Å²) in [4.78, 5) is 45.2. The lowest BCUT2D eigenvalue weighted by Gasteiger charge is -2.49. The van der Waals surface area contributed by atoms with E-state index >= 15 is 0 Å². The van der Waals surface area contributed by atoms with Gasteiger partial charge in [0.1, 0.15) is 6.04 Å². The molecule has 0 saturated carbocycles. The van der Waals surface area contributed by atoms with Crippen LogP contribution in [-0.2, 0) is 28.7 Å². The second-order valence-corrected chi connectivity index (χ2v) is 8.93. The molecule has 33 heavy (non-hydrogen) atoms. The van der Waals surface area contributed by atoms with E-state index in [1.54, 1.807) is 6.92 Å². The number of amides is 2. The average molecular weight is 512 g/mol. The van der Waals surface area contributed by atoms with Gasteiger partial charge in [0.05, 0.1) is 6.04 Å². The highest BCUT2D eigenvalue weighted by Crippen LogP contribution is 2.39. The second kappa shape index (κ2) is 8.58. The molecule has 2 aliphatic rings. The first-order valence-corrected chi connectivity index (χ1v) is 11.2. The van der Waals surface area contributed by atoms with E-state index in [1.165, 1.54) is 0 Å². The number of aliphatic carboxylic acids is 1. The van der Waals surface area contributed by atoms with Gasteiger partial charge in [0.15, 0.2) is 28.1 Å². The highest BCUT2D eigenvalue weighted by Gasteiger charge is 2.56. The third kappa shape index (κ3) is 4.47. The number of nitrogens with two attached hydrogens (primary N) is 1. The maximum absolute atomic E-state index is 12.7. The molecule has 1 aromatic rings. The maximum Gasteiger partial charge on any atom is 0.534 e. The molecular formula is C15H15F3N6O7S2. The Balaban J connectivity index is 1.83. The first-order valence-electron chi connectivity index (χ1n) is 9.03. The van der Waals surface area contributed by atoms with Gasteiger partial charge in [-0.05, 0) is 13.3 Å². The Morgan fingerprint density at radius 1 is 1.42 bits per heavy atom. The van der Waals surface area contributed by atoms with Crippen molar-refractivity contribution in [2.45, 2.75) is 37.4 Å². The number of carbonyl (C=O) groups excluding carboxylic acids is 2. The van der Waals surface area contributed by atoms with Gasteiger partial charge in [-0.1, -0.05) is 0 Å². The molecule has 1 aromatic heterocycles. The molecule has 1 saturated heterocycles. The summed E-state index contributed by atoms with van der Waals surface area (Å²) in [5, 5.41) is 11.8. The number of allylic oxidation sites excluding steroid dienone is 1. The molecular weight excluding hydrogens is 497 g/mol. The van der Waals surface area contributed by atoms with E-state index in [0.29, 0.717) is 4.90 Å². The normalized spacial score (nSPS) is 21.4. The first kappa shape index (κ1) is 24.4. The van der Waals surface area contributed by atoms with Crippen molar-refractivity contribution < 1.29 is 45.3 Å². The Hall–Kier alpha value is -3.28. The Morgan fingerprint density at radius 2 is 2.09 bits per heavy atom. The van der Waals surface area contributed by atoms with E-state index in [-0.39, 0.29) is 29.6 Å². The van der Waals surface area contributed by atoms with Crippen molar-refractivity contribution in [1.82, 2.24) is 19.6 Å². The third-order valence-corrected chi connectivity index (χ3v) is 6.09. The summed E-state index contributed by atoms with van der Waals surface area (Å²) < 4.78 is 68.3. The minimum Gasteiger partial charge on any atom is -0.476 e. The molecule has 0 aromatic carbocycles. The number of β-lactam (4-membered cyclic amide) rings is 1. The molecule has 18 heteroatoms. The molecule has 3 rings (SSSR count). The van der Waals surface area contributed by atoms with Crippen molar-refractivity contribution in [3.8, 4) is 0 Å². The number of nitrogen functional groups attached to an aromatic ring is 1. The number of nitrogens with one attached hydrogen (secondary N) is 1. The number of rotatable bonds is 7. The van der Waals surface area contributed by atoms with Crippen LogP contribution in [0.5, 0.6) is 0 Å². The van der Waals surface area contributed by atoms with Crippen molar-refractivity contribution in [2.24, 2.45) is 4.99 Å². The molecule has 4 N–H and O–H groups in total. The van der Waals surface area contributed by atoms with Crippen LogP contribution in [0.25, 0.3) is 0 Å². The summed E-state index contributed by atoms with van der Waals surface area (Å²) in [5.74, 6) is -4.83. The highest BCUT2D eigenvalue weighted by atomic mass is 32.2. The van der Waals surface area contributed by atoms with Crippen molar-refractivity contribution in [3.63, 3.8) is 0 Å². The van der Waals surface area contributed by atoms with Crippen LogP contribution in [0.2, 0.25) is 0 Å². The Bertz CT molecular complexity index is 1180. The van der Waals surface area contributed by atoms with Crippen LogP contribution in [0.1, 0.15) is 25.6 Å². The van der Waals surface area contributed by atoms with E-state index in [2.05, 4.69) is 23.8 Å². The molecule has 13 nitrogen and oxygen atoms in total. The third-order valence-electron chi connectivity index (χ3n) is 4.56. The summed E-state index contributed by atoms with van der Waals surface area (Å²) in [6.07, 6.45) is -0.726. The average Bonchev–Trinajstić information content (AvgIpc) is 3.14. The number of aliphatic imine (C=N–C) groups is 1. The SMILES string of the molecule is CCN=C(C(=O)NC1C(=O)N2C(C(=O)O)=C(OS(=O)(=O)C(F)(F)F)CCC12)c1nsc(N)n1. The Morgan fingerprint density at radius 3 is 2.61 bits per heavy atom. The van der Waals surface area contributed by atoms with Crippen molar-refractivity contribution in [3.05, 3.63) is 17.3 Å². The number of hydrogen-bond donors (Lipinski definition) is 3. The number of fused-ring (bicyclic) bond motifs is 1. The van der Waals surface area contributed by atoms with Gasteiger partial charge in [-0.15, -0.1) is 0 Å². The van der Waals surface area contributed by atoms with Crippen LogP contribution in [-0.4, -0.2) is 75.4 Å². The number of hydrogen-bond acceptors (Lipinski definition) is 11. The molecule has 180 valence electrons. The van der Waals surface area contributed by atoms with Crippen molar-refractivity contribution in [2.75, 3.05) is 12.3 Å². The van der Waals surface area contributed by atoms with Crippen LogP contribution >= 0.6 is 11.5 Å². The zero-order valence-corrected chi connectivity index (χ0v) is 18.1. The highest BCUT2D eigenvalue weighted by molar-refractivity contribution is 7.87. The largest absolute Gasteiger partial charge is 0.534 e. The van der Waals surface area contributed by atoms with Crippen LogP contribution in [0, 0.1) is 0 Å². The van der Waals surface area contributed by atoms with Crippen LogP contribution < -0.4 is 11.1 Å². The lowest BCUT2D eigenvalue weighted by atomic mass is 9.85. The molecule has 0 aliphatic carbocycles. The summed E-state index contributed by atoms with van der Waals surface area (Å²) in [7, 11) is -6.14. The molecule has 2 amide bonds. The molecule has 2 aliphatic heterocycles. The molecule has 3 heterocycles. The molecule has 0 radical (unpaired) electrons. The smallest absolute Gasteiger partial charge is 0.476 e. The number of alkyl halides is 3. The van der Waals surface area contributed by atoms with Gasteiger partial charge in [0.25, 0.3) is 11.8 Å². The number of anilines is 1. The fourth-order valence-corrected chi connectivity index (χ4v) is 4.19. The standard InChI is InChI=1S/C15H15F3N6O7S2/c1-2-20-8(10-22-14(19)32-23-10)11(25)21-7-5-3-4-6(31-33(29,30)15(16,17)18)9(13(27)28)24(5)12(7)26/h5,7H,2-4H2,1H3,(H,21,25)(H,27,28)(H2,19,22,23). The van der Waals surface area contributed by atoms with Gasteiger partial charge < -0.3 is 20.3 Å². The van der Waals surface area contributed by atoms with Crippen LogP contribution in [0.4, 0.5) is 18.3 Å². The Kier molecular flexibility index (Phi) is 6.33. The number of nitrogens with zero attached hydrogens (tertiary/aromatic N) is 4. The van der Waals surface area contributed by atoms with E-state index in [0.717, 1.165) is 11.5 Å². The fraction of sp³-hybridized carbons (Fsp3) is 0.467. The minimum absolute atomic E-state index is 0.0670. The fourth-order valence-electron chi connectivity index (χ4n) is 3.23. The molecule has 0 spiro atoms. The number of carboxylic acids is 1. The van der Waals surface area contributed by atoms with E-state index < -0.39 is 63.4 Å².